The third-order valence-electron chi connectivity index (χ3n) is 1.52. The molecule has 2 nitrogen and oxygen atoms in total. The molecule has 0 aromatic rings. The van der Waals surface area contributed by atoms with Gasteiger partial charge in [0.2, 0.25) is 8.32 Å². The highest BCUT2D eigenvalue weighted by Crippen LogP contribution is 2.13. The van der Waals surface area contributed by atoms with E-state index in [2.05, 4.69) is 19.6 Å². The first-order valence-corrected chi connectivity index (χ1v) is 7.52. The Morgan fingerprint density at radius 1 is 1.08 bits per heavy atom. The van der Waals surface area contributed by atoms with Gasteiger partial charge < -0.3 is 4.43 Å². The molecule has 0 unspecified atom stereocenters. The summed E-state index contributed by atoms with van der Waals surface area (Å²) in [5, 5.41) is 0. The van der Waals surface area contributed by atoms with Crippen LogP contribution in [0.25, 0.3) is 0 Å². The van der Waals surface area contributed by atoms with Gasteiger partial charge in [0.1, 0.15) is 0 Å². The maximum Gasteiger partial charge on any atom is 0.241 e. The summed E-state index contributed by atoms with van der Waals surface area (Å²) in [6.45, 7) is 11.5. The molecular weight excluding hydrogens is 168 g/mol. The Hall–Kier alpha value is -0.573. The van der Waals surface area contributed by atoms with Crippen LogP contribution >= 0.6 is 0 Å². The number of ketones is 1. The molecule has 12 heavy (non-hydrogen) atoms. The predicted molar refractivity (Wildman–Crippen MR) is 53.5 cm³/mol. The summed E-state index contributed by atoms with van der Waals surface area (Å²) in [5.41, 5.74) is 0.734. The van der Waals surface area contributed by atoms with Gasteiger partial charge in [0.15, 0.2) is 5.78 Å². The van der Waals surface area contributed by atoms with E-state index >= 15 is 0 Å². The van der Waals surface area contributed by atoms with Crippen molar-refractivity contribution in [3.05, 3.63) is 11.3 Å². The minimum Gasteiger partial charge on any atom is -0.547 e. The number of allylic oxidation sites excluding steroid dienone is 2. The van der Waals surface area contributed by atoms with Crippen LogP contribution in [0.1, 0.15) is 20.8 Å². The third-order valence-corrected chi connectivity index (χ3v) is 2.43. The second-order valence-corrected chi connectivity index (χ2v) is 8.38. The maximum absolute atomic E-state index is 10.9. The van der Waals surface area contributed by atoms with E-state index in [1.54, 1.807) is 13.8 Å². The van der Waals surface area contributed by atoms with Crippen LogP contribution in [0.2, 0.25) is 19.6 Å². The van der Waals surface area contributed by atoms with E-state index in [4.69, 9.17) is 4.43 Å². The molecule has 0 saturated heterocycles. The van der Waals surface area contributed by atoms with Crippen LogP contribution in [0.3, 0.4) is 0 Å². The molecule has 0 aromatic heterocycles. The van der Waals surface area contributed by atoms with Crippen LogP contribution < -0.4 is 0 Å². The van der Waals surface area contributed by atoms with E-state index in [1.807, 2.05) is 6.92 Å². The predicted octanol–water partition coefficient (Wildman–Crippen LogP) is 2.72. The lowest BCUT2D eigenvalue weighted by atomic mass is 10.2. The molecule has 0 spiro atoms. The van der Waals surface area contributed by atoms with E-state index in [9.17, 15) is 4.79 Å². The molecule has 0 aromatic carbocycles. The Labute approximate surface area is 75.7 Å². The topological polar surface area (TPSA) is 26.3 Å². The molecule has 0 atom stereocenters. The quantitative estimate of drug-likeness (QED) is 0.385. The first kappa shape index (κ1) is 11.4. The first-order chi connectivity index (χ1) is 5.24. The van der Waals surface area contributed by atoms with Crippen LogP contribution in [0.5, 0.6) is 0 Å². The van der Waals surface area contributed by atoms with Crippen molar-refractivity contribution in [2.45, 2.75) is 40.4 Å². The van der Waals surface area contributed by atoms with Gasteiger partial charge >= 0.3 is 0 Å². The van der Waals surface area contributed by atoms with Gasteiger partial charge in [-0.15, -0.1) is 0 Å². The van der Waals surface area contributed by atoms with Crippen molar-refractivity contribution in [2.75, 3.05) is 0 Å². The standard InChI is InChI=1S/C9H18O2Si/c1-7(8(2)10)9(3)11-12(4,5)6/h1-6H3/b9-7-. The highest BCUT2D eigenvalue weighted by atomic mass is 28.4. The fourth-order valence-corrected chi connectivity index (χ4v) is 1.86. The largest absolute Gasteiger partial charge is 0.547 e. The number of carbonyl (C=O) groups is 1. The molecule has 0 saturated carbocycles. The van der Waals surface area contributed by atoms with Crippen LogP contribution in [-0.2, 0) is 9.22 Å². The van der Waals surface area contributed by atoms with Crippen molar-refractivity contribution < 1.29 is 9.22 Å². The fraction of sp³-hybridized carbons (Fsp3) is 0.667. The van der Waals surface area contributed by atoms with E-state index < -0.39 is 8.32 Å². The molecule has 0 heterocycles. The van der Waals surface area contributed by atoms with Crippen LogP contribution in [0.4, 0.5) is 0 Å². The summed E-state index contributed by atoms with van der Waals surface area (Å²) in [4.78, 5) is 10.9. The number of Topliss-reactive ketones (excluding diaryl/α,β-unsaturated/α-hetero) is 1. The van der Waals surface area contributed by atoms with E-state index in [0.29, 0.717) is 0 Å². The molecule has 70 valence electrons. The second-order valence-electron chi connectivity index (χ2n) is 3.95. The summed E-state index contributed by atoms with van der Waals surface area (Å²) < 4.78 is 5.66. The van der Waals surface area contributed by atoms with Gasteiger partial charge in [-0.05, 0) is 40.4 Å². The third kappa shape index (κ3) is 4.33. The van der Waals surface area contributed by atoms with Crippen molar-refractivity contribution in [3.8, 4) is 0 Å². The van der Waals surface area contributed by atoms with Crippen LogP contribution in [0.15, 0.2) is 11.3 Å². The van der Waals surface area contributed by atoms with Crippen LogP contribution in [0, 0.1) is 0 Å². The Morgan fingerprint density at radius 2 is 1.50 bits per heavy atom. The Bertz CT molecular complexity index is 211. The average Bonchev–Trinajstić information content (AvgIpc) is 1.82. The van der Waals surface area contributed by atoms with E-state index in [-0.39, 0.29) is 5.78 Å². The van der Waals surface area contributed by atoms with Gasteiger partial charge in [-0.2, -0.15) is 0 Å². The zero-order chi connectivity index (χ0) is 9.94. The number of hydrogen-bond donors (Lipinski definition) is 0. The molecule has 0 aliphatic carbocycles. The molecule has 0 fully saturated rings. The van der Waals surface area contributed by atoms with Crippen molar-refractivity contribution >= 4 is 14.1 Å². The van der Waals surface area contributed by atoms with Crippen molar-refractivity contribution in [3.63, 3.8) is 0 Å². The lowest BCUT2D eigenvalue weighted by Crippen LogP contribution is -2.25. The highest BCUT2D eigenvalue weighted by Gasteiger charge is 2.17. The zero-order valence-electron chi connectivity index (χ0n) is 8.82. The van der Waals surface area contributed by atoms with Crippen molar-refractivity contribution in [2.24, 2.45) is 0 Å². The normalized spacial score (nSPS) is 13.8. The SMILES string of the molecule is CC(=O)/C(C)=C(/C)O[Si](C)(C)C. The Balaban J connectivity index is 4.49. The number of carbonyl (C=O) groups excluding carboxylic acids is 1. The van der Waals surface area contributed by atoms with Gasteiger partial charge in [0.05, 0.1) is 5.76 Å². The van der Waals surface area contributed by atoms with Gasteiger partial charge in [-0.3, -0.25) is 4.79 Å². The fourth-order valence-electron chi connectivity index (χ4n) is 0.784. The van der Waals surface area contributed by atoms with E-state index in [1.165, 1.54) is 0 Å². The summed E-state index contributed by atoms with van der Waals surface area (Å²) in [7, 11) is -1.54. The smallest absolute Gasteiger partial charge is 0.241 e. The lowest BCUT2D eigenvalue weighted by molar-refractivity contribution is -0.113. The molecule has 0 radical (unpaired) electrons. The maximum atomic E-state index is 10.9. The Kier molecular flexibility index (Phi) is 3.71. The minimum absolute atomic E-state index is 0.0887. The molecule has 0 rings (SSSR count). The lowest BCUT2D eigenvalue weighted by Gasteiger charge is -2.20. The molecule has 0 N–H and O–H groups in total. The molecular formula is C9H18O2Si. The zero-order valence-corrected chi connectivity index (χ0v) is 9.82. The van der Waals surface area contributed by atoms with Crippen molar-refractivity contribution in [1.82, 2.24) is 0 Å². The van der Waals surface area contributed by atoms with Gasteiger partial charge in [-0.25, -0.2) is 0 Å². The van der Waals surface area contributed by atoms with E-state index in [0.717, 1.165) is 11.3 Å². The average molecular weight is 186 g/mol. The van der Waals surface area contributed by atoms with Gasteiger partial charge in [-0.1, -0.05) is 0 Å². The minimum atomic E-state index is -1.54. The van der Waals surface area contributed by atoms with Crippen molar-refractivity contribution in [1.29, 1.82) is 0 Å². The molecule has 0 aliphatic heterocycles. The molecule has 3 heteroatoms. The summed E-state index contributed by atoms with van der Waals surface area (Å²) in [5.74, 6) is 0.868. The Morgan fingerprint density at radius 3 is 1.75 bits per heavy atom. The number of hydrogen-bond acceptors (Lipinski definition) is 2. The van der Waals surface area contributed by atoms with Gasteiger partial charge in [0.25, 0.3) is 0 Å². The summed E-state index contributed by atoms with van der Waals surface area (Å²) >= 11 is 0. The summed E-state index contributed by atoms with van der Waals surface area (Å²) in [6, 6.07) is 0. The highest BCUT2D eigenvalue weighted by molar-refractivity contribution is 6.70. The second kappa shape index (κ2) is 3.89. The van der Waals surface area contributed by atoms with Gasteiger partial charge in [0, 0.05) is 5.57 Å². The molecule has 0 bridgehead atoms. The molecule has 0 aliphatic rings. The van der Waals surface area contributed by atoms with Crippen LogP contribution in [-0.4, -0.2) is 14.1 Å². The number of rotatable bonds is 3. The first-order valence-electron chi connectivity index (χ1n) is 4.11. The molecule has 0 amide bonds. The summed E-state index contributed by atoms with van der Waals surface area (Å²) in [6.07, 6.45) is 0. The monoisotopic (exact) mass is 186 g/mol.